The summed E-state index contributed by atoms with van der Waals surface area (Å²) < 4.78 is 11.7. The predicted molar refractivity (Wildman–Crippen MR) is 109 cm³/mol. The molecule has 0 radical (unpaired) electrons. The number of methoxy groups -OCH3 is 1. The number of carbonyl (C=O) groups is 1. The molecule has 3 aliphatic rings. The molecule has 0 N–H and O–H groups in total. The second kappa shape index (κ2) is 8.74. The maximum atomic E-state index is 12.9. The highest BCUT2D eigenvalue weighted by Crippen LogP contribution is 2.31. The van der Waals surface area contributed by atoms with Crippen molar-refractivity contribution in [2.75, 3.05) is 44.8 Å². The van der Waals surface area contributed by atoms with Crippen molar-refractivity contribution >= 4 is 17.7 Å². The van der Waals surface area contributed by atoms with Crippen LogP contribution in [0.15, 0.2) is 18.2 Å². The number of thioether (sulfide) groups is 1. The summed E-state index contributed by atoms with van der Waals surface area (Å²) in [5.74, 6) is 4.08. The predicted octanol–water partition coefficient (Wildman–Crippen LogP) is 3.28. The largest absolute Gasteiger partial charge is 0.497 e. The molecule has 1 aromatic carbocycles. The van der Waals surface area contributed by atoms with Crippen LogP contribution in [0.25, 0.3) is 0 Å². The van der Waals surface area contributed by atoms with Crippen molar-refractivity contribution in [2.24, 2.45) is 0 Å². The Labute approximate surface area is 166 Å². The van der Waals surface area contributed by atoms with Crippen LogP contribution in [-0.2, 0) is 0 Å². The quantitative estimate of drug-likeness (QED) is 0.772. The minimum Gasteiger partial charge on any atom is -0.497 e. The zero-order valence-corrected chi connectivity index (χ0v) is 17.0. The summed E-state index contributed by atoms with van der Waals surface area (Å²) in [5, 5.41) is 0. The van der Waals surface area contributed by atoms with Gasteiger partial charge in [0.05, 0.1) is 12.7 Å². The molecule has 0 spiro atoms. The van der Waals surface area contributed by atoms with Crippen molar-refractivity contribution in [1.82, 2.24) is 9.80 Å². The van der Waals surface area contributed by atoms with Gasteiger partial charge >= 0.3 is 0 Å². The lowest BCUT2D eigenvalue weighted by atomic mass is 10.0. The number of rotatable bonds is 5. The fourth-order valence-corrected chi connectivity index (χ4v) is 5.60. The number of ether oxygens (including phenoxy) is 2. The van der Waals surface area contributed by atoms with Crippen molar-refractivity contribution in [3.05, 3.63) is 23.8 Å². The highest BCUT2D eigenvalue weighted by Gasteiger charge is 2.29. The second-order valence-corrected chi connectivity index (χ2v) is 8.88. The van der Waals surface area contributed by atoms with Gasteiger partial charge in [0.15, 0.2) is 0 Å². The van der Waals surface area contributed by atoms with Crippen LogP contribution in [-0.4, -0.2) is 72.6 Å². The molecule has 3 fully saturated rings. The van der Waals surface area contributed by atoms with Crippen molar-refractivity contribution in [1.29, 1.82) is 0 Å². The monoisotopic (exact) mass is 390 g/mol. The fourth-order valence-electron chi connectivity index (χ4n) is 4.34. The van der Waals surface area contributed by atoms with Gasteiger partial charge in [-0.2, -0.15) is 11.8 Å². The van der Waals surface area contributed by atoms with Crippen molar-refractivity contribution in [3.63, 3.8) is 0 Å². The molecule has 3 aliphatic heterocycles. The number of hydrogen-bond acceptors (Lipinski definition) is 5. The molecule has 148 valence electrons. The van der Waals surface area contributed by atoms with E-state index in [1.54, 1.807) is 7.11 Å². The average molecular weight is 391 g/mol. The number of hydrogen-bond donors (Lipinski definition) is 0. The van der Waals surface area contributed by atoms with Gasteiger partial charge < -0.3 is 14.4 Å². The van der Waals surface area contributed by atoms with Gasteiger partial charge in [0.1, 0.15) is 17.6 Å². The molecule has 0 bridgehead atoms. The summed E-state index contributed by atoms with van der Waals surface area (Å²) in [7, 11) is 1.65. The van der Waals surface area contributed by atoms with E-state index < -0.39 is 0 Å². The molecule has 27 heavy (non-hydrogen) atoms. The van der Waals surface area contributed by atoms with Crippen molar-refractivity contribution < 1.29 is 14.3 Å². The van der Waals surface area contributed by atoms with E-state index in [9.17, 15) is 4.79 Å². The van der Waals surface area contributed by atoms with Crippen LogP contribution in [0.4, 0.5) is 0 Å². The van der Waals surface area contributed by atoms with Gasteiger partial charge in [-0.05, 0) is 50.0 Å². The molecular weight excluding hydrogens is 360 g/mol. The van der Waals surface area contributed by atoms with E-state index in [4.69, 9.17) is 9.47 Å². The van der Waals surface area contributed by atoms with Gasteiger partial charge in [-0.15, -0.1) is 0 Å². The van der Waals surface area contributed by atoms with Crippen LogP contribution < -0.4 is 9.47 Å². The highest BCUT2D eigenvalue weighted by molar-refractivity contribution is 7.99. The van der Waals surface area contributed by atoms with Crippen LogP contribution in [0, 0.1) is 0 Å². The van der Waals surface area contributed by atoms with E-state index in [1.807, 2.05) is 23.1 Å². The molecule has 4 rings (SSSR count). The Balaban J connectivity index is 1.43. The van der Waals surface area contributed by atoms with Crippen LogP contribution >= 0.6 is 11.8 Å². The SMILES string of the molecule is COc1ccc(C(=O)N2CCCC2)c(OC2CCN([C@@H]3CCSC3)CC2)c1. The minimum absolute atomic E-state index is 0.0885. The molecule has 1 atom stereocenters. The van der Waals surface area contributed by atoms with Gasteiger partial charge in [-0.3, -0.25) is 9.69 Å². The van der Waals surface area contributed by atoms with Crippen LogP contribution in [0.5, 0.6) is 11.5 Å². The third-order valence-corrected chi connectivity index (χ3v) is 7.15. The van der Waals surface area contributed by atoms with E-state index >= 15 is 0 Å². The maximum Gasteiger partial charge on any atom is 0.257 e. The summed E-state index contributed by atoms with van der Waals surface area (Å²) >= 11 is 2.07. The smallest absolute Gasteiger partial charge is 0.257 e. The number of piperidine rings is 1. The van der Waals surface area contributed by atoms with E-state index in [2.05, 4.69) is 16.7 Å². The molecule has 5 nitrogen and oxygen atoms in total. The molecule has 0 aliphatic carbocycles. The van der Waals surface area contributed by atoms with Crippen LogP contribution in [0.2, 0.25) is 0 Å². The molecule has 3 saturated heterocycles. The van der Waals surface area contributed by atoms with Gasteiger partial charge in [-0.25, -0.2) is 0 Å². The number of nitrogens with zero attached hydrogens (tertiary/aromatic N) is 2. The van der Waals surface area contributed by atoms with E-state index in [0.29, 0.717) is 11.3 Å². The maximum absolute atomic E-state index is 12.9. The third-order valence-electron chi connectivity index (χ3n) is 6.00. The van der Waals surface area contributed by atoms with Crippen LogP contribution in [0.1, 0.15) is 42.5 Å². The standard InChI is InChI=1S/C21H30N2O3S/c1-25-18-4-5-19(21(24)23-9-2-3-10-23)20(14-18)26-17-6-11-22(12-7-17)16-8-13-27-15-16/h4-5,14,16-17H,2-3,6-13,15H2,1H3/t16-/m1/s1. The molecule has 1 amide bonds. The summed E-state index contributed by atoms with van der Waals surface area (Å²) in [6.07, 6.45) is 5.73. The summed E-state index contributed by atoms with van der Waals surface area (Å²) in [5.41, 5.74) is 0.673. The number of carbonyl (C=O) groups excluding carboxylic acids is 1. The normalized spacial score (nSPS) is 24.3. The Kier molecular flexibility index (Phi) is 6.13. The molecule has 0 unspecified atom stereocenters. The Morgan fingerprint density at radius 2 is 1.89 bits per heavy atom. The lowest BCUT2D eigenvalue weighted by molar-refractivity contribution is 0.0735. The first-order valence-electron chi connectivity index (χ1n) is 10.2. The topological polar surface area (TPSA) is 42.0 Å². The van der Waals surface area contributed by atoms with E-state index in [0.717, 1.165) is 63.7 Å². The zero-order chi connectivity index (χ0) is 18.6. The minimum atomic E-state index is 0.0885. The van der Waals surface area contributed by atoms with Gasteiger partial charge in [0.25, 0.3) is 5.91 Å². The fraction of sp³-hybridized carbons (Fsp3) is 0.667. The third kappa shape index (κ3) is 4.37. The van der Waals surface area contributed by atoms with E-state index in [-0.39, 0.29) is 12.0 Å². The molecule has 0 aromatic heterocycles. The first-order chi connectivity index (χ1) is 13.2. The van der Waals surface area contributed by atoms with Crippen molar-refractivity contribution in [2.45, 2.75) is 44.2 Å². The van der Waals surface area contributed by atoms with Gasteiger partial charge in [0, 0.05) is 44.0 Å². The zero-order valence-electron chi connectivity index (χ0n) is 16.2. The number of likely N-dealkylation sites (tertiary alicyclic amines) is 2. The van der Waals surface area contributed by atoms with Gasteiger partial charge in [-0.1, -0.05) is 0 Å². The first-order valence-corrected chi connectivity index (χ1v) is 11.4. The number of amides is 1. The molecular formula is C21H30N2O3S. The lowest BCUT2D eigenvalue weighted by Gasteiger charge is -2.36. The molecule has 0 saturated carbocycles. The average Bonchev–Trinajstić information content (AvgIpc) is 3.42. The molecule has 1 aromatic rings. The summed E-state index contributed by atoms with van der Waals surface area (Å²) in [4.78, 5) is 17.5. The Hall–Kier alpha value is -1.40. The van der Waals surface area contributed by atoms with Gasteiger partial charge in [0.2, 0.25) is 0 Å². The second-order valence-electron chi connectivity index (χ2n) is 7.73. The van der Waals surface area contributed by atoms with Crippen LogP contribution in [0.3, 0.4) is 0 Å². The summed E-state index contributed by atoms with van der Waals surface area (Å²) in [6, 6.07) is 6.35. The van der Waals surface area contributed by atoms with E-state index in [1.165, 1.54) is 17.9 Å². The van der Waals surface area contributed by atoms with Crippen molar-refractivity contribution in [3.8, 4) is 11.5 Å². The first kappa shape index (κ1) is 18.9. The Morgan fingerprint density at radius 1 is 1.11 bits per heavy atom. The summed E-state index contributed by atoms with van der Waals surface area (Å²) in [6.45, 7) is 3.88. The highest BCUT2D eigenvalue weighted by atomic mass is 32.2. The number of benzene rings is 1. The molecule has 6 heteroatoms. The molecule has 3 heterocycles. The lowest BCUT2D eigenvalue weighted by Crippen LogP contribution is -2.44. The Morgan fingerprint density at radius 3 is 2.56 bits per heavy atom. The Bertz CT molecular complexity index is 649.